The summed E-state index contributed by atoms with van der Waals surface area (Å²) in [5.74, 6) is -10.8. The highest BCUT2D eigenvalue weighted by molar-refractivity contribution is 6.31. The number of aromatic nitrogens is 3. The van der Waals surface area contributed by atoms with E-state index in [9.17, 15) is 48.6 Å². The summed E-state index contributed by atoms with van der Waals surface area (Å²) >= 11 is 6.46. The molecule has 0 spiro atoms. The molecule has 24 heteroatoms. The van der Waals surface area contributed by atoms with Gasteiger partial charge >= 0.3 is 11.9 Å². The fourth-order valence-corrected chi connectivity index (χ4v) is 11.3. The number of para-hydroxylation sites is 3. The van der Waals surface area contributed by atoms with Gasteiger partial charge in [-0.2, -0.15) is 0 Å². The second-order valence-corrected chi connectivity index (χ2v) is 24.2. The number of aromatic amines is 3. The van der Waals surface area contributed by atoms with E-state index < -0.39 is 126 Å². The van der Waals surface area contributed by atoms with E-state index in [2.05, 4.69) is 57.5 Å². The fraction of sp³-hybridized carbons (Fsp3) is 0.403. The van der Waals surface area contributed by atoms with Gasteiger partial charge in [-0.3, -0.25) is 43.2 Å². The normalized spacial score (nSPS) is 14.7. The summed E-state index contributed by atoms with van der Waals surface area (Å²) in [6, 6.07) is 15.7. The Morgan fingerprint density at radius 2 is 0.802 bits per heavy atom. The Bertz CT molecular complexity index is 3780. The number of carboxylic acids is 2. The molecule has 0 unspecified atom stereocenters. The third-order valence-corrected chi connectivity index (χ3v) is 17.0. The summed E-state index contributed by atoms with van der Waals surface area (Å²) in [5.41, 5.74) is 5.50. The Balaban J connectivity index is 1.13. The van der Waals surface area contributed by atoms with Crippen LogP contribution in [0, 0.1) is 24.7 Å². The Kier molecular flexibility index (Phi) is 24.1. The first-order valence-electron chi connectivity index (χ1n) is 30.6. The third-order valence-electron chi connectivity index (χ3n) is 16.6. The van der Waals surface area contributed by atoms with E-state index in [1.807, 2.05) is 60.7 Å². The number of rotatable bonds is 32. The summed E-state index contributed by atoms with van der Waals surface area (Å²) in [4.78, 5) is 149. The van der Waals surface area contributed by atoms with Crippen LogP contribution < -0.4 is 42.5 Å². The van der Waals surface area contributed by atoms with Gasteiger partial charge in [-0.25, -0.2) is 4.79 Å². The van der Waals surface area contributed by atoms with E-state index in [0.717, 1.165) is 32.7 Å². The number of H-pyrrole nitrogens is 3. The first-order valence-corrected chi connectivity index (χ1v) is 31.0. The molecule has 3 heterocycles. The highest BCUT2D eigenvalue weighted by Crippen LogP contribution is 2.25. The second-order valence-electron chi connectivity index (χ2n) is 23.8. The molecular formula is C67H82ClN11O12. The van der Waals surface area contributed by atoms with Crippen LogP contribution in [0.2, 0.25) is 5.02 Å². The maximum absolute atomic E-state index is 15.1. The molecule has 0 saturated carbocycles. The molecule has 0 fully saturated rings. The smallest absolute Gasteiger partial charge is 0.326 e. The Morgan fingerprint density at radius 3 is 1.23 bits per heavy atom. The van der Waals surface area contributed by atoms with Crippen LogP contribution in [0.15, 0.2) is 110 Å². The largest absolute Gasteiger partial charge is 0.481 e. The zero-order chi connectivity index (χ0) is 66.2. The molecule has 0 radical (unpaired) electrons. The predicted molar refractivity (Wildman–Crippen MR) is 345 cm³/mol. The van der Waals surface area contributed by atoms with E-state index in [1.54, 1.807) is 97.4 Å². The van der Waals surface area contributed by atoms with Crippen molar-refractivity contribution < 1.29 is 58.2 Å². The molecular weight excluding hydrogens is 1190 g/mol. The number of carbonyl (C=O) groups is 10. The number of halogens is 1. The quantitative estimate of drug-likeness (QED) is 0.0232. The maximum Gasteiger partial charge on any atom is 0.326 e. The van der Waals surface area contributed by atoms with Gasteiger partial charge in [-0.05, 0) is 83.2 Å². The third kappa shape index (κ3) is 18.3. The number of aliphatic carboxylic acids is 2. The molecule has 7 rings (SSSR count). The minimum atomic E-state index is -1.83. The number of fused-ring (bicyclic) bond motifs is 3. The number of hydrogen-bond donors (Lipinski definition) is 13. The summed E-state index contributed by atoms with van der Waals surface area (Å²) in [5, 5.41) is 44.7. The molecule has 0 bridgehead atoms. The van der Waals surface area contributed by atoms with Crippen molar-refractivity contribution in [1.82, 2.24) is 57.5 Å². The maximum atomic E-state index is 15.1. The first kappa shape index (κ1) is 69.0. The average Bonchev–Trinajstić information content (AvgIpc) is 2.07. The lowest BCUT2D eigenvalue weighted by atomic mass is 9.94. The summed E-state index contributed by atoms with van der Waals surface area (Å²) in [7, 11) is 0. The van der Waals surface area contributed by atoms with Crippen molar-refractivity contribution in [2.45, 2.75) is 155 Å². The van der Waals surface area contributed by atoms with Crippen molar-refractivity contribution in [2.24, 2.45) is 17.8 Å². The van der Waals surface area contributed by atoms with Crippen molar-refractivity contribution in [3.8, 4) is 0 Å². The van der Waals surface area contributed by atoms with Crippen LogP contribution in [0.25, 0.3) is 32.7 Å². The van der Waals surface area contributed by atoms with Crippen LogP contribution in [0.1, 0.15) is 102 Å². The zero-order valence-electron chi connectivity index (χ0n) is 52.3. The van der Waals surface area contributed by atoms with Gasteiger partial charge in [0.25, 0.3) is 0 Å². The minimum Gasteiger partial charge on any atom is -0.481 e. The van der Waals surface area contributed by atoms with Crippen molar-refractivity contribution >= 4 is 104 Å². The lowest BCUT2D eigenvalue weighted by Crippen LogP contribution is -2.62. The molecule has 0 aliphatic carbocycles. The monoisotopic (exact) mass is 1270 g/mol. The molecule has 10 atom stereocenters. The van der Waals surface area contributed by atoms with Gasteiger partial charge in [0.2, 0.25) is 47.3 Å². The molecule has 0 aliphatic heterocycles. The standard InChI is InChI=1S/C67H82ClN11O12/c1-9-36(5)58(65(88)77-56(67(90)91)30-43-34-71-50-25-16-13-21-46(43)50)79-66(89)59(37(6)10-2)78-64(87)55(31-57(81)82)76-60(83)51(26-35(3)4)73-62(85)53(28-41-32-69-48-23-14-11-19-44(41)48)75-63(86)54(29-42-33-70-49-24-15-12-20-45(42)49)74-61(84)52(72-39(8)80)27-40-18-17-22-47(68)38(40)7/h11-25,32-37,51-56,58-59,69-71H,9-10,26-31H2,1-8H3,(H,72,80)(H,73,85)(H,74,84)(H,75,86)(H,76,83)(H,77,88)(H,78,87)(H,79,89)(H,81,82)(H,90,91)/t36-,37-,51-,52-,53+,54+,55-,56-,58-,59-/m0/s1. The Hall–Kier alpha value is -9.51. The molecule has 13 N–H and O–H groups in total. The molecule has 8 amide bonds. The van der Waals surface area contributed by atoms with Crippen LogP contribution in [-0.4, -0.2) is 133 Å². The molecule has 7 aromatic rings. The molecule has 3 aromatic heterocycles. The SMILES string of the molecule is CC[C@H](C)[C@H](NC(=O)[C@H](CC(=O)O)NC(=O)[C@H](CC(C)C)NC(=O)[C@@H](Cc1c[nH]c2ccccc12)NC(=O)[C@@H](Cc1c[nH]c2ccccc12)NC(=O)[C@H](Cc1cccc(Cl)c1C)NC(C)=O)C(=O)N[C@H](C(=O)N[C@@H](Cc1c[nH]c2ccccc12)C(=O)O)[C@@H](C)CC. The van der Waals surface area contributed by atoms with Crippen molar-refractivity contribution in [3.05, 3.63) is 142 Å². The zero-order valence-corrected chi connectivity index (χ0v) is 53.0. The first-order chi connectivity index (χ1) is 43.3. The molecule has 0 aliphatic rings. The minimum absolute atomic E-state index is 0.0121. The number of carboxylic acid groups (broad SMARTS) is 2. The van der Waals surface area contributed by atoms with Crippen molar-refractivity contribution in [1.29, 1.82) is 0 Å². The fourth-order valence-electron chi connectivity index (χ4n) is 11.1. The summed E-state index contributed by atoms with van der Waals surface area (Å²) in [6.07, 6.45) is 4.40. The topological polar surface area (TPSA) is 355 Å². The van der Waals surface area contributed by atoms with E-state index in [1.165, 1.54) is 6.92 Å². The highest BCUT2D eigenvalue weighted by atomic mass is 35.5. The van der Waals surface area contributed by atoms with E-state index in [-0.39, 0.29) is 38.0 Å². The van der Waals surface area contributed by atoms with Gasteiger partial charge < -0.3 is 67.7 Å². The number of hydrogen-bond acceptors (Lipinski definition) is 10. The Labute approximate surface area is 532 Å². The van der Waals surface area contributed by atoms with Crippen LogP contribution >= 0.6 is 11.6 Å². The average molecular weight is 1270 g/mol. The second kappa shape index (κ2) is 31.8. The van der Waals surface area contributed by atoms with Crippen LogP contribution in [0.5, 0.6) is 0 Å². The predicted octanol–water partition coefficient (Wildman–Crippen LogP) is 5.96. The van der Waals surface area contributed by atoms with Gasteiger partial charge in [0.05, 0.1) is 6.42 Å². The van der Waals surface area contributed by atoms with Gasteiger partial charge in [0.1, 0.15) is 48.3 Å². The van der Waals surface area contributed by atoms with Gasteiger partial charge in [-0.15, -0.1) is 0 Å². The summed E-state index contributed by atoms with van der Waals surface area (Å²) < 4.78 is 0. The van der Waals surface area contributed by atoms with Crippen LogP contribution in [-0.2, 0) is 73.6 Å². The van der Waals surface area contributed by atoms with Gasteiger partial charge in [0.15, 0.2) is 0 Å². The van der Waals surface area contributed by atoms with Crippen LogP contribution in [0.4, 0.5) is 0 Å². The number of benzene rings is 4. The molecule has 23 nitrogen and oxygen atoms in total. The number of nitrogens with one attached hydrogen (secondary N) is 11. The van der Waals surface area contributed by atoms with Gasteiger partial charge in [-0.1, -0.05) is 133 Å². The number of amides is 8. The molecule has 91 heavy (non-hydrogen) atoms. The van der Waals surface area contributed by atoms with E-state index in [0.29, 0.717) is 45.7 Å². The molecule has 484 valence electrons. The lowest BCUT2D eigenvalue weighted by molar-refractivity contribution is -0.142. The summed E-state index contributed by atoms with van der Waals surface area (Å²) in [6.45, 7) is 13.5. The molecule has 4 aromatic carbocycles. The van der Waals surface area contributed by atoms with E-state index in [4.69, 9.17) is 11.6 Å². The molecule has 0 saturated heterocycles. The highest BCUT2D eigenvalue weighted by Gasteiger charge is 2.38. The van der Waals surface area contributed by atoms with Crippen molar-refractivity contribution in [2.75, 3.05) is 0 Å². The van der Waals surface area contributed by atoms with Crippen LogP contribution in [0.3, 0.4) is 0 Å². The van der Waals surface area contributed by atoms with Crippen molar-refractivity contribution in [3.63, 3.8) is 0 Å². The Morgan fingerprint density at radius 1 is 0.440 bits per heavy atom. The van der Waals surface area contributed by atoms with Gasteiger partial charge in [0, 0.05) is 88.9 Å². The number of carbonyl (C=O) groups excluding carboxylic acids is 8. The lowest BCUT2D eigenvalue weighted by Gasteiger charge is -2.31. The van der Waals surface area contributed by atoms with E-state index >= 15 is 9.59 Å².